The van der Waals surface area contributed by atoms with Crippen molar-refractivity contribution in [2.24, 2.45) is 0 Å². The molecular weight excluding hydrogens is 322 g/mol. The van der Waals surface area contributed by atoms with Crippen LogP contribution in [0.4, 0.5) is 9.59 Å². The SMILES string of the molecule is CCCOC(=O)OOC(=O)OCCC.ClC=C(Cl)Cl. The van der Waals surface area contributed by atoms with Gasteiger partial charge in [0.1, 0.15) is 4.49 Å². The number of carbonyl (C=O) groups is 2. The molecule has 0 saturated heterocycles. The second-order valence-electron chi connectivity index (χ2n) is 2.76. The standard InChI is InChI=1S/C8H14O6.C2HCl3/c1-3-5-11-7(9)13-14-8(10)12-6-4-2;3-1-2(4)5/h3-6H2,1-2H3;1H. The van der Waals surface area contributed by atoms with Crippen molar-refractivity contribution in [3.8, 4) is 0 Å². The molecule has 0 spiro atoms. The lowest BCUT2D eigenvalue weighted by molar-refractivity contribution is -0.217. The Morgan fingerprint density at radius 2 is 1.26 bits per heavy atom. The van der Waals surface area contributed by atoms with Crippen LogP contribution in [0.15, 0.2) is 10.0 Å². The highest BCUT2D eigenvalue weighted by molar-refractivity contribution is 6.58. The number of ether oxygens (including phenoxy) is 2. The minimum atomic E-state index is -1.06. The third-order valence-electron chi connectivity index (χ3n) is 1.11. The van der Waals surface area contributed by atoms with Crippen molar-refractivity contribution in [3.05, 3.63) is 10.0 Å². The zero-order chi connectivity index (χ0) is 15.1. The van der Waals surface area contributed by atoms with Gasteiger partial charge in [0, 0.05) is 5.54 Å². The zero-order valence-corrected chi connectivity index (χ0v) is 12.8. The Labute approximate surface area is 126 Å². The molecule has 0 bridgehead atoms. The van der Waals surface area contributed by atoms with E-state index in [0.717, 1.165) is 5.54 Å². The Morgan fingerprint density at radius 3 is 1.47 bits per heavy atom. The number of hydrogen-bond donors (Lipinski definition) is 0. The summed E-state index contributed by atoms with van der Waals surface area (Å²) in [6.45, 7) is 4.08. The summed E-state index contributed by atoms with van der Waals surface area (Å²) in [5, 5.41) is 0. The molecule has 19 heavy (non-hydrogen) atoms. The van der Waals surface area contributed by atoms with Gasteiger partial charge in [-0.15, -0.1) is 0 Å². The molecule has 0 saturated carbocycles. The Kier molecular flexibility index (Phi) is 16.4. The van der Waals surface area contributed by atoms with Gasteiger partial charge in [-0.05, 0) is 12.8 Å². The molecule has 9 heteroatoms. The van der Waals surface area contributed by atoms with Gasteiger partial charge >= 0.3 is 12.3 Å². The molecule has 0 radical (unpaired) electrons. The van der Waals surface area contributed by atoms with Gasteiger partial charge < -0.3 is 9.47 Å². The predicted octanol–water partition coefficient (Wildman–Crippen LogP) is 4.53. The number of halogens is 3. The topological polar surface area (TPSA) is 71.1 Å². The van der Waals surface area contributed by atoms with Crippen LogP contribution in [0.1, 0.15) is 26.7 Å². The molecular formula is C10H15Cl3O6. The van der Waals surface area contributed by atoms with Crippen molar-refractivity contribution in [2.75, 3.05) is 13.2 Å². The molecule has 0 heterocycles. The predicted molar refractivity (Wildman–Crippen MR) is 71.1 cm³/mol. The highest BCUT2D eigenvalue weighted by Crippen LogP contribution is 2.05. The first kappa shape index (κ1) is 20.5. The van der Waals surface area contributed by atoms with Crippen molar-refractivity contribution >= 4 is 47.1 Å². The van der Waals surface area contributed by atoms with Crippen LogP contribution in [0.5, 0.6) is 0 Å². The highest BCUT2D eigenvalue weighted by Gasteiger charge is 2.10. The van der Waals surface area contributed by atoms with Crippen LogP contribution in [0.3, 0.4) is 0 Å². The average Bonchev–Trinajstić information content (AvgIpc) is 2.40. The number of hydrogen-bond acceptors (Lipinski definition) is 6. The minimum Gasteiger partial charge on any atom is -0.432 e. The van der Waals surface area contributed by atoms with Crippen LogP contribution in [0, 0.1) is 0 Å². The Balaban J connectivity index is 0. The van der Waals surface area contributed by atoms with Gasteiger partial charge in [0.25, 0.3) is 0 Å². The molecule has 0 aromatic carbocycles. The summed E-state index contributed by atoms with van der Waals surface area (Å²) in [6.07, 6.45) is -0.786. The van der Waals surface area contributed by atoms with Gasteiger partial charge in [0.05, 0.1) is 13.2 Å². The lowest BCUT2D eigenvalue weighted by Gasteiger charge is -2.03. The van der Waals surface area contributed by atoms with Crippen LogP contribution in [-0.4, -0.2) is 25.5 Å². The summed E-state index contributed by atoms with van der Waals surface area (Å²) < 4.78 is 8.99. The van der Waals surface area contributed by atoms with Crippen molar-refractivity contribution in [1.82, 2.24) is 0 Å². The fraction of sp³-hybridized carbons (Fsp3) is 0.600. The van der Waals surface area contributed by atoms with Gasteiger partial charge in [-0.2, -0.15) is 19.4 Å². The first-order valence-corrected chi connectivity index (χ1v) is 6.46. The van der Waals surface area contributed by atoms with Crippen molar-refractivity contribution < 1.29 is 28.8 Å². The molecule has 0 atom stereocenters. The molecule has 6 nitrogen and oxygen atoms in total. The Morgan fingerprint density at radius 1 is 0.947 bits per heavy atom. The molecule has 0 amide bonds. The maximum Gasteiger partial charge on any atom is 0.549 e. The smallest absolute Gasteiger partial charge is 0.432 e. The van der Waals surface area contributed by atoms with E-state index in [-0.39, 0.29) is 17.7 Å². The lowest BCUT2D eigenvalue weighted by atomic mass is 10.5. The van der Waals surface area contributed by atoms with Gasteiger partial charge in [0.2, 0.25) is 0 Å². The van der Waals surface area contributed by atoms with Gasteiger partial charge in [-0.1, -0.05) is 48.7 Å². The van der Waals surface area contributed by atoms with Crippen LogP contribution < -0.4 is 0 Å². The van der Waals surface area contributed by atoms with Gasteiger partial charge in [0.15, 0.2) is 0 Å². The van der Waals surface area contributed by atoms with E-state index >= 15 is 0 Å². The normalized spacial score (nSPS) is 8.47. The molecule has 0 fully saturated rings. The van der Waals surface area contributed by atoms with Gasteiger partial charge in [-0.3, -0.25) is 0 Å². The molecule has 0 N–H and O–H groups in total. The molecule has 112 valence electrons. The van der Waals surface area contributed by atoms with E-state index < -0.39 is 12.3 Å². The third kappa shape index (κ3) is 19.7. The van der Waals surface area contributed by atoms with E-state index in [9.17, 15) is 9.59 Å². The van der Waals surface area contributed by atoms with Crippen LogP contribution >= 0.6 is 34.8 Å². The number of carbonyl (C=O) groups excluding carboxylic acids is 2. The Bertz CT molecular complexity index is 258. The summed E-state index contributed by atoms with van der Waals surface area (Å²) in [6, 6.07) is 0. The molecule has 0 aliphatic carbocycles. The molecule has 0 aliphatic rings. The number of rotatable bonds is 4. The van der Waals surface area contributed by atoms with E-state index in [0.29, 0.717) is 12.8 Å². The van der Waals surface area contributed by atoms with Crippen molar-refractivity contribution in [3.63, 3.8) is 0 Å². The minimum absolute atomic E-state index is 0.0895. The summed E-state index contributed by atoms with van der Waals surface area (Å²) >= 11 is 14.8. The molecule has 0 aromatic rings. The van der Waals surface area contributed by atoms with E-state index in [1.807, 2.05) is 13.8 Å². The quantitative estimate of drug-likeness (QED) is 0.426. The monoisotopic (exact) mass is 336 g/mol. The van der Waals surface area contributed by atoms with Gasteiger partial charge in [-0.25, -0.2) is 0 Å². The second-order valence-corrected chi connectivity index (χ2v) is 3.99. The third-order valence-corrected chi connectivity index (χ3v) is 1.77. The lowest BCUT2D eigenvalue weighted by Crippen LogP contribution is -2.14. The largest absolute Gasteiger partial charge is 0.549 e. The van der Waals surface area contributed by atoms with E-state index in [1.54, 1.807) is 0 Å². The van der Waals surface area contributed by atoms with E-state index in [4.69, 9.17) is 34.8 Å². The maximum atomic E-state index is 10.6. The first-order chi connectivity index (χ1) is 8.97. The first-order valence-electron chi connectivity index (χ1n) is 5.27. The molecule has 0 aromatic heterocycles. The molecule has 0 unspecified atom stereocenters. The second kappa shape index (κ2) is 15.2. The van der Waals surface area contributed by atoms with Crippen molar-refractivity contribution in [1.29, 1.82) is 0 Å². The van der Waals surface area contributed by atoms with Crippen LogP contribution in [0.25, 0.3) is 0 Å². The fourth-order valence-corrected chi connectivity index (χ4v) is 0.487. The summed E-state index contributed by atoms with van der Waals surface area (Å²) in [5.41, 5.74) is 1.09. The Hall–Kier alpha value is -0.850. The van der Waals surface area contributed by atoms with Crippen LogP contribution in [0.2, 0.25) is 0 Å². The average molecular weight is 338 g/mol. The van der Waals surface area contributed by atoms with E-state index in [2.05, 4.69) is 19.2 Å². The summed E-state index contributed by atoms with van der Waals surface area (Å²) in [7, 11) is 0. The highest BCUT2D eigenvalue weighted by atomic mass is 35.5. The molecule has 0 rings (SSSR count). The van der Waals surface area contributed by atoms with Crippen LogP contribution in [-0.2, 0) is 19.2 Å². The maximum absolute atomic E-state index is 10.6. The fourth-order valence-electron chi connectivity index (χ4n) is 0.487. The molecule has 0 aliphatic heterocycles. The zero-order valence-electron chi connectivity index (χ0n) is 10.5. The summed E-state index contributed by atoms with van der Waals surface area (Å²) in [5.74, 6) is 0. The van der Waals surface area contributed by atoms with E-state index in [1.165, 1.54) is 0 Å². The summed E-state index contributed by atoms with van der Waals surface area (Å²) in [4.78, 5) is 29.1. The van der Waals surface area contributed by atoms with Crippen molar-refractivity contribution in [2.45, 2.75) is 26.7 Å².